The Labute approximate surface area is 118 Å². The van der Waals surface area contributed by atoms with Crippen molar-refractivity contribution in [1.29, 1.82) is 0 Å². The summed E-state index contributed by atoms with van der Waals surface area (Å²) in [6.07, 6.45) is 0.890. The fourth-order valence-electron chi connectivity index (χ4n) is 1.79. The van der Waals surface area contributed by atoms with Crippen molar-refractivity contribution in [3.63, 3.8) is 0 Å². The summed E-state index contributed by atoms with van der Waals surface area (Å²) in [4.78, 5) is 4.37. The lowest BCUT2D eigenvalue weighted by atomic mass is 10.2. The predicted octanol–water partition coefficient (Wildman–Crippen LogP) is 0.361. The molecule has 0 aliphatic carbocycles. The SMILES string of the molecule is COCCCNC(=NCc1ccc2c(c1)OCO2)NN. The van der Waals surface area contributed by atoms with Gasteiger partial charge in [-0.2, -0.15) is 0 Å². The number of aliphatic imine (C=N–C) groups is 1. The van der Waals surface area contributed by atoms with Crippen LogP contribution in [0.3, 0.4) is 0 Å². The molecule has 0 amide bonds. The molecule has 4 N–H and O–H groups in total. The van der Waals surface area contributed by atoms with Crippen molar-refractivity contribution in [3.8, 4) is 11.5 Å². The number of nitrogens with zero attached hydrogens (tertiary/aromatic N) is 1. The highest BCUT2D eigenvalue weighted by Crippen LogP contribution is 2.32. The number of rotatable bonds is 6. The highest BCUT2D eigenvalue weighted by Gasteiger charge is 2.12. The van der Waals surface area contributed by atoms with Gasteiger partial charge in [0.05, 0.1) is 6.54 Å². The van der Waals surface area contributed by atoms with Crippen LogP contribution in [0.4, 0.5) is 0 Å². The molecule has 0 fully saturated rings. The van der Waals surface area contributed by atoms with Gasteiger partial charge in [-0.3, -0.25) is 5.43 Å². The van der Waals surface area contributed by atoms with Crippen molar-refractivity contribution < 1.29 is 14.2 Å². The van der Waals surface area contributed by atoms with E-state index in [9.17, 15) is 0 Å². The van der Waals surface area contributed by atoms with Gasteiger partial charge in [-0.1, -0.05) is 6.07 Å². The van der Waals surface area contributed by atoms with Crippen LogP contribution in [0.1, 0.15) is 12.0 Å². The number of ether oxygens (including phenoxy) is 3. The van der Waals surface area contributed by atoms with Crippen molar-refractivity contribution in [3.05, 3.63) is 23.8 Å². The average Bonchev–Trinajstić information content (AvgIpc) is 2.94. The molecule has 1 aromatic carbocycles. The lowest BCUT2D eigenvalue weighted by molar-refractivity contribution is 0.174. The Balaban J connectivity index is 1.86. The zero-order chi connectivity index (χ0) is 14.2. The third-order valence-electron chi connectivity index (χ3n) is 2.81. The van der Waals surface area contributed by atoms with E-state index in [1.165, 1.54) is 0 Å². The van der Waals surface area contributed by atoms with Gasteiger partial charge in [0.25, 0.3) is 0 Å². The number of methoxy groups -OCH3 is 1. The first kappa shape index (κ1) is 14.4. The van der Waals surface area contributed by atoms with Gasteiger partial charge in [-0.15, -0.1) is 0 Å². The van der Waals surface area contributed by atoms with E-state index in [0.29, 0.717) is 19.1 Å². The molecule has 110 valence electrons. The highest BCUT2D eigenvalue weighted by molar-refractivity contribution is 5.79. The summed E-state index contributed by atoms with van der Waals surface area (Å²) in [5.41, 5.74) is 3.57. The first-order valence-corrected chi connectivity index (χ1v) is 6.46. The first-order chi connectivity index (χ1) is 9.83. The van der Waals surface area contributed by atoms with Gasteiger partial charge in [-0.05, 0) is 24.1 Å². The zero-order valence-electron chi connectivity index (χ0n) is 11.5. The predicted molar refractivity (Wildman–Crippen MR) is 75.5 cm³/mol. The van der Waals surface area contributed by atoms with Crippen LogP contribution in [0.25, 0.3) is 0 Å². The second-order valence-electron chi connectivity index (χ2n) is 4.27. The molecule has 0 saturated heterocycles. The molecule has 0 aromatic heterocycles. The second kappa shape index (κ2) is 7.56. The monoisotopic (exact) mass is 280 g/mol. The average molecular weight is 280 g/mol. The third kappa shape index (κ3) is 4.01. The molecule has 1 aliphatic rings. The lowest BCUT2D eigenvalue weighted by Gasteiger charge is -2.09. The van der Waals surface area contributed by atoms with Crippen LogP contribution in [0.2, 0.25) is 0 Å². The molecule has 0 radical (unpaired) electrons. The second-order valence-corrected chi connectivity index (χ2v) is 4.27. The minimum Gasteiger partial charge on any atom is -0.454 e. The Morgan fingerprint density at radius 2 is 2.25 bits per heavy atom. The third-order valence-corrected chi connectivity index (χ3v) is 2.81. The molecule has 0 unspecified atom stereocenters. The Bertz CT molecular complexity index is 465. The number of hydrogen-bond acceptors (Lipinski definition) is 5. The van der Waals surface area contributed by atoms with Crippen LogP contribution < -0.4 is 26.1 Å². The summed E-state index contributed by atoms with van der Waals surface area (Å²) in [6.45, 7) is 2.23. The van der Waals surface area contributed by atoms with Gasteiger partial charge in [0.1, 0.15) is 0 Å². The standard InChI is InChI=1S/C13H20N4O3/c1-18-6-2-5-15-13(17-14)16-8-10-3-4-11-12(7-10)20-9-19-11/h3-4,7H,2,5-6,8-9,14H2,1H3,(H2,15,16,17). The van der Waals surface area contributed by atoms with Gasteiger partial charge in [0.15, 0.2) is 11.5 Å². The molecule has 1 aromatic rings. The fourth-order valence-corrected chi connectivity index (χ4v) is 1.79. The normalized spacial score (nSPS) is 13.4. The topological polar surface area (TPSA) is 90.1 Å². The number of hydrogen-bond donors (Lipinski definition) is 3. The van der Waals surface area contributed by atoms with Crippen molar-refractivity contribution in [2.45, 2.75) is 13.0 Å². The van der Waals surface area contributed by atoms with Gasteiger partial charge < -0.3 is 19.5 Å². The largest absolute Gasteiger partial charge is 0.454 e. The molecule has 0 atom stereocenters. The quantitative estimate of drug-likeness (QED) is 0.229. The molecular weight excluding hydrogens is 260 g/mol. The van der Waals surface area contributed by atoms with Crippen molar-refractivity contribution in [2.75, 3.05) is 27.1 Å². The fraction of sp³-hybridized carbons (Fsp3) is 0.462. The van der Waals surface area contributed by atoms with Gasteiger partial charge >= 0.3 is 0 Å². The highest BCUT2D eigenvalue weighted by atomic mass is 16.7. The summed E-state index contributed by atoms with van der Waals surface area (Å²) in [5.74, 6) is 7.51. The Hall–Kier alpha value is -1.99. The maximum atomic E-state index is 5.42. The van der Waals surface area contributed by atoms with Crippen molar-refractivity contribution in [2.24, 2.45) is 10.8 Å². The van der Waals surface area contributed by atoms with Crippen molar-refractivity contribution in [1.82, 2.24) is 10.7 Å². The van der Waals surface area contributed by atoms with E-state index in [2.05, 4.69) is 15.7 Å². The van der Waals surface area contributed by atoms with E-state index in [0.717, 1.165) is 30.0 Å². The molecule has 7 nitrogen and oxygen atoms in total. The summed E-state index contributed by atoms with van der Waals surface area (Å²) in [5, 5.41) is 3.10. The van der Waals surface area contributed by atoms with E-state index in [1.807, 2.05) is 18.2 Å². The molecule has 0 spiro atoms. The number of guanidine groups is 1. The smallest absolute Gasteiger partial charge is 0.231 e. The summed E-state index contributed by atoms with van der Waals surface area (Å²) < 4.78 is 15.6. The van der Waals surface area contributed by atoms with Crippen LogP contribution in [0, 0.1) is 0 Å². The van der Waals surface area contributed by atoms with E-state index in [-0.39, 0.29) is 6.79 Å². The van der Waals surface area contributed by atoms with Crippen LogP contribution in [0.5, 0.6) is 11.5 Å². The first-order valence-electron chi connectivity index (χ1n) is 6.46. The van der Waals surface area contributed by atoms with Crippen LogP contribution in [-0.4, -0.2) is 33.0 Å². The maximum absolute atomic E-state index is 5.42. The van der Waals surface area contributed by atoms with Crippen LogP contribution in [-0.2, 0) is 11.3 Å². The number of benzene rings is 1. The van der Waals surface area contributed by atoms with Crippen molar-refractivity contribution >= 4 is 5.96 Å². The molecule has 20 heavy (non-hydrogen) atoms. The lowest BCUT2D eigenvalue weighted by Crippen LogP contribution is -2.42. The number of nitrogens with one attached hydrogen (secondary N) is 2. The van der Waals surface area contributed by atoms with Crippen LogP contribution in [0.15, 0.2) is 23.2 Å². The van der Waals surface area contributed by atoms with Gasteiger partial charge in [0, 0.05) is 20.3 Å². The number of nitrogens with two attached hydrogens (primary N) is 1. The number of fused-ring (bicyclic) bond motifs is 1. The van der Waals surface area contributed by atoms with Crippen LogP contribution >= 0.6 is 0 Å². The van der Waals surface area contributed by atoms with E-state index < -0.39 is 0 Å². The molecule has 0 saturated carbocycles. The Morgan fingerprint density at radius 3 is 3.05 bits per heavy atom. The Kier molecular flexibility index (Phi) is 5.45. The minimum atomic E-state index is 0.277. The molecule has 1 aliphatic heterocycles. The van der Waals surface area contributed by atoms with E-state index in [1.54, 1.807) is 7.11 Å². The van der Waals surface area contributed by atoms with Gasteiger partial charge in [-0.25, -0.2) is 10.8 Å². The Morgan fingerprint density at radius 1 is 1.40 bits per heavy atom. The molecule has 2 rings (SSSR count). The molecular formula is C13H20N4O3. The maximum Gasteiger partial charge on any atom is 0.231 e. The molecule has 1 heterocycles. The summed E-state index contributed by atoms with van der Waals surface area (Å²) in [7, 11) is 1.68. The van der Waals surface area contributed by atoms with Gasteiger partial charge in [0.2, 0.25) is 12.8 Å². The molecule has 7 heteroatoms. The number of hydrazine groups is 1. The van der Waals surface area contributed by atoms with E-state index >= 15 is 0 Å². The summed E-state index contributed by atoms with van der Waals surface area (Å²) in [6, 6.07) is 5.76. The summed E-state index contributed by atoms with van der Waals surface area (Å²) >= 11 is 0. The molecule has 0 bridgehead atoms. The van der Waals surface area contributed by atoms with E-state index in [4.69, 9.17) is 20.1 Å². The zero-order valence-corrected chi connectivity index (χ0v) is 11.5. The minimum absolute atomic E-state index is 0.277.